The lowest BCUT2D eigenvalue weighted by atomic mass is 9.84. The van der Waals surface area contributed by atoms with Crippen molar-refractivity contribution in [2.24, 2.45) is 0 Å². The van der Waals surface area contributed by atoms with Crippen LogP contribution in [0, 0.1) is 5.82 Å². The predicted molar refractivity (Wildman–Crippen MR) is 521 cm³/mol. The van der Waals surface area contributed by atoms with Gasteiger partial charge < -0.3 is 83.8 Å². The second-order valence-electron chi connectivity index (χ2n) is 35.4. The van der Waals surface area contributed by atoms with Crippen molar-refractivity contribution in [1.29, 1.82) is 0 Å². The van der Waals surface area contributed by atoms with Gasteiger partial charge in [-0.15, -0.1) is 0 Å². The molecule has 35 nitrogen and oxygen atoms in total. The van der Waals surface area contributed by atoms with Crippen molar-refractivity contribution in [3.05, 3.63) is 226 Å². The maximum atomic E-state index is 13.6. The standard InChI is InChI=1S/C29H38N6O5.C26H26BrN5O3.C26H26FN5O3.C19H24N6O2/c1-29(2,3)40-28(38)35(17-20-9-11-22(12-10-20)21-7-5-4-6-8-21)27-31-25(33-13-15-39-16-14-33)24-26(32-27)34(19-30-24)18-23(36)37;27-20-7-4-8-21(13-20)35-25-23-24(32(16-29-23)15-22(33)34)30-26(31-25)28-14-17-9-11-19(12-10-17)18-5-2-1-3-6-18;27-20-10-12-21(13-11-20)35-25-23-24(32(16-29-23)15-22(33)34)30-26(31-25)28-14-17-6-8-19(9-7-17)18-4-2-1-3-5-18;1-2-3-7-10-20-19-23-17(21-11-14-8-5-4-6-9-14)16-18(24-19)25(13-22-16)12-15(26)27/h9-12,19,21H,4-8,13-18H2,1-3H3,(H,36,37);4,7-13,16,18H,1-3,5-6,14-15H2,(H,33,34)(H,28,30,31);6-13,16,18H,1-5,14-15H2,(H,33,34)(H,28,30,31);4-6,8-9,13H,2-3,7,10-12H2,1H3,(H,26,27)(H2,20,21,23,24). The zero-order chi connectivity index (χ0) is 95.7. The van der Waals surface area contributed by atoms with Gasteiger partial charge in [-0.2, -0.15) is 39.9 Å². The molecule has 3 aliphatic carbocycles. The number of benzene rings is 6. The van der Waals surface area contributed by atoms with Crippen LogP contribution in [0.5, 0.6) is 23.3 Å². The fraction of sp³-hybridized carbons (Fsp3) is 0.390. The third-order valence-corrected chi connectivity index (χ3v) is 24.5. The third-order valence-electron chi connectivity index (χ3n) is 24.0. The Morgan fingerprint density at radius 1 is 0.460 bits per heavy atom. The molecule has 1 saturated heterocycles. The topological polar surface area (TPSA) is 432 Å². The molecule has 0 atom stereocenters. The Balaban J connectivity index is 0.000000140. The summed E-state index contributed by atoms with van der Waals surface area (Å²) in [5.41, 5.74) is 10.9. The van der Waals surface area contributed by atoms with Crippen LogP contribution >= 0.6 is 15.9 Å². The van der Waals surface area contributed by atoms with E-state index in [1.54, 1.807) is 0 Å². The van der Waals surface area contributed by atoms with E-state index >= 15 is 0 Å². The van der Waals surface area contributed by atoms with Crippen LogP contribution in [0.3, 0.4) is 0 Å². The minimum Gasteiger partial charge on any atom is -0.480 e. The van der Waals surface area contributed by atoms with E-state index in [2.05, 4.69) is 172 Å². The number of morpholine rings is 1. The smallest absolute Gasteiger partial charge is 0.417 e. The van der Waals surface area contributed by atoms with E-state index in [0.717, 1.165) is 52.5 Å². The van der Waals surface area contributed by atoms with Crippen molar-refractivity contribution >= 4 is 126 Å². The summed E-state index contributed by atoms with van der Waals surface area (Å²) >= 11 is 3.44. The minimum absolute atomic E-state index is 0.131. The Morgan fingerprint density at radius 2 is 0.891 bits per heavy atom. The number of halogens is 2. The van der Waals surface area contributed by atoms with Crippen LogP contribution in [0.2, 0.25) is 0 Å². The summed E-state index contributed by atoms with van der Waals surface area (Å²) in [6.07, 6.45) is 27.7. The summed E-state index contributed by atoms with van der Waals surface area (Å²) < 4.78 is 43.2. The number of anilines is 6. The molecule has 716 valence electrons. The SMILES string of the molecule is CC(C)(C)OC(=O)N(Cc1ccc(C2CCCCC2)cc1)c1nc(N2CCOCC2)c2ncn(CC(=O)O)c2n1.CCCCCNc1nc(NCc2ccccc2)c2ncn(CC(=O)O)c2n1.O=C(O)Cn1cnc2c(Oc3ccc(F)cc3)nc(NCc3ccc(C4CCCCC4)cc3)nc21.O=C(O)Cn1cnc2c(Oc3cccc(Br)c3)nc(NCc3ccc(C4CCCCC4)cc3)nc21. The average Bonchev–Trinajstić information content (AvgIpc) is 1.73. The second kappa shape index (κ2) is 46.7. The number of ether oxygens (including phenoxy) is 4. The molecule has 0 radical (unpaired) electrons. The molecule has 8 N–H and O–H groups in total. The first-order valence-electron chi connectivity index (χ1n) is 46.7. The van der Waals surface area contributed by atoms with Crippen LogP contribution in [0.4, 0.5) is 44.6 Å². The molecule has 1 aliphatic heterocycles. The molecule has 3 saturated carbocycles. The van der Waals surface area contributed by atoms with E-state index in [-0.39, 0.29) is 62.2 Å². The molecule has 0 spiro atoms. The van der Waals surface area contributed by atoms with E-state index in [4.69, 9.17) is 29.0 Å². The Hall–Kier alpha value is -14.4. The normalized spacial score (nSPS) is 14.3. The number of carboxylic acids is 4. The number of imidazole rings is 4. The molecule has 0 bridgehead atoms. The number of unbranched alkanes of at least 4 members (excludes halogenated alkanes) is 2. The van der Waals surface area contributed by atoms with E-state index in [9.17, 15) is 43.7 Å². The van der Waals surface area contributed by atoms with Crippen LogP contribution in [-0.2, 0) is 81.0 Å². The summed E-state index contributed by atoms with van der Waals surface area (Å²) in [7, 11) is 0. The third kappa shape index (κ3) is 27.1. The summed E-state index contributed by atoms with van der Waals surface area (Å²) in [4.78, 5) is 116. The van der Waals surface area contributed by atoms with Gasteiger partial charge in [-0.3, -0.25) is 19.2 Å². The van der Waals surface area contributed by atoms with E-state index in [0.29, 0.717) is 143 Å². The summed E-state index contributed by atoms with van der Waals surface area (Å²) in [6, 6.07) is 48.7. The number of carboxylic acid groups (broad SMARTS) is 4. The van der Waals surface area contributed by atoms with Gasteiger partial charge in [0.1, 0.15) is 49.1 Å². The number of nitrogens with zero attached hydrogens (tertiary/aromatic N) is 18. The van der Waals surface area contributed by atoms with Crippen molar-refractivity contribution in [2.75, 3.05) is 63.9 Å². The second-order valence-corrected chi connectivity index (χ2v) is 36.3. The maximum Gasteiger partial charge on any atom is 0.417 e. The number of aromatic nitrogens is 16. The number of hydrogen-bond acceptors (Lipinski definition) is 26. The first kappa shape index (κ1) is 97.2. The zero-order valence-corrected chi connectivity index (χ0v) is 78.8. The lowest BCUT2D eigenvalue weighted by molar-refractivity contribution is -0.138. The molecular formula is C100H114BrFN22O13. The quantitative estimate of drug-likeness (QED) is 0.0177. The van der Waals surface area contributed by atoms with E-state index < -0.39 is 35.6 Å². The number of carbonyl (C=O) groups excluding carboxylic acids is 1. The Kier molecular flexibility index (Phi) is 33.2. The van der Waals surface area contributed by atoms with Crippen molar-refractivity contribution in [3.63, 3.8) is 0 Å². The molecule has 14 aromatic rings. The van der Waals surface area contributed by atoms with Gasteiger partial charge in [-0.1, -0.05) is 203 Å². The van der Waals surface area contributed by atoms with E-state index in [1.807, 2.05) is 80.3 Å². The number of nitrogens with one attached hydrogen (secondary N) is 4. The molecule has 4 aliphatic rings. The van der Waals surface area contributed by atoms with Crippen LogP contribution in [0.15, 0.2) is 181 Å². The van der Waals surface area contributed by atoms with Crippen molar-refractivity contribution in [3.8, 4) is 23.3 Å². The number of hydrogen-bond donors (Lipinski definition) is 8. The molecule has 137 heavy (non-hydrogen) atoms. The van der Waals surface area contributed by atoms with Gasteiger partial charge in [0, 0.05) is 43.7 Å². The predicted octanol–water partition coefficient (Wildman–Crippen LogP) is 19.5. The van der Waals surface area contributed by atoms with Gasteiger partial charge in [-0.05, 0) is 165 Å². The summed E-state index contributed by atoms with van der Waals surface area (Å²) in [5.74, 6) is 1.28. The van der Waals surface area contributed by atoms with Gasteiger partial charge in [0.25, 0.3) is 11.8 Å². The summed E-state index contributed by atoms with van der Waals surface area (Å²) in [6.45, 7) is 11.3. The largest absolute Gasteiger partial charge is 0.480 e. The Labute approximate surface area is 799 Å². The molecule has 1 amide bonds. The lowest BCUT2D eigenvalue weighted by Gasteiger charge is -2.30. The highest BCUT2D eigenvalue weighted by atomic mass is 79.9. The first-order valence-corrected chi connectivity index (χ1v) is 47.5. The molecule has 6 aromatic carbocycles. The number of rotatable bonds is 33. The van der Waals surface area contributed by atoms with Gasteiger partial charge in [0.15, 0.2) is 56.3 Å². The van der Waals surface area contributed by atoms with Crippen LogP contribution < -0.4 is 40.5 Å². The highest BCUT2D eigenvalue weighted by molar-refractivity contribution is 9.10. The first-order chi connectivity index (χ1) is 66.4. The number of fused-ring (bicyclic) bond motifs is 4. The van der Waals surface area contributed by atoms with Crippen molar-refractivity contribution in [2.45, 2.75) is 219 Å². The molecule has 8 aromatic heterocycles. The number of carbonyl (C=O) groups is 5. The highest BCUT2D eigenvalue weighted by Crippen LogP contribution is 2.39. The molecule has 9 heterocycles. The fourth-order valence-electron chi connectivity index (χ4n) is 17.1. The van der Waals surface area contributed by atoms with Gasteiger partial charge >= 0.3 is 30.0 Å². The average molecular weight is 1930 g/mol. The Bertz CT molecular complexity index is 6420. The zero-order valence-electron chi connectivity index (χ0n) is 77.2. The van der Waals surface area contributed by atoms with Crippen LogP contribution in [0.1, 0.15) is 200 Å². The van der Waals surface area contributed by atoms with Crippen molar-refractivity contribution < 1.29 is 67.7 Å². The highest BCUT2D eigenvalue weighted by Gasteiger charge is 2.32. The molecule has 0 unspecified atom stereocenters. The number of aliphatic carboxylic acids is 4. The molecule has 18 rings (SSSR count). The molecular weight excluding hydrogens is 1820 g/mol. The van der Waals surface area contributed by atoms with Gasteiger partial charge in [0.2, 0.25) is 23.8 Å². The monoisotopic (exact) mass is 1930 g/mol. The van der Waals surface area contributed by atoms with E-state index in [1.165, 1.54) is 186 Å². The maximum absolute atomic E-state index is 13.6. The minimum atomic E-state index is -1.02. The Morgan fingerprint density at radius 3 is 1.36 bits per heavy atom. The van der Waals surface area contributed by atoms with Gasteiger partial charge in [0.05, 0.1) is 45.1 Å². The van der Waals surface area contributed by atoms with Crippen LogP contribution in [-0.4, -0.2) is 167 Å². The molecule has 37 heteroatoms. The van der Waals surface area contributed by atoms with Crippen LogP contribution in [0.25, 0.3) is 44.7 Å². The van der Waals surface area contributed by atoms with Crippen molar-refractivity contribution in [1.82, 2.24) is 78.1 Å². The molecule has 4 fully saturated rings. The van der Waals surface area contributed by atoms with Gasteiger partial charge in [-0.25, -0.2) is 34.0 Å². The lowest BCUT2D eigenvalue weighted by Crippen LogP contribution is -2.39. The summed E-state index contributed by atoms with van der Waals surface area (Å²) in [5, 5.41) is 50.1. The number of amides is 1. The fourth-order valence-corrected chi connectivity index (χ4v) is 17.5.